The zero-order valence-electron chi connectivity index (χ0n) is 38.3. The van der Waals surface area contributed by atoms with Crippen molar-refractivity contribution in [1.29, 1.82) is 0 Å². The van der Waals surface area contributed by atoms with Crippen LogP contribution in [-0.2, 0) is 60.4 Å². The fraction of sp³-hybridized carbons (Fsp3) is 0.600. The molecule has 0 saturated carbocycles. The maximum absolute atomic E-state index is 14.4. The number of cyclic esters (lactones) is 2. The van der Waals surface area contributed by atoms with E-state index >= 15 is 0 Å². The van der Waals surface area contributed by atoms with Crippen molar-refractivity contribution >= 4 is 23.9 Å². The first-order valence-corrected chi connectivity index (χ1v) is 23.8. The van der Waals surface area contributed by atoms with Crippen LogP contribution in [0.3, 0.4) is 0 Å². The maximum Gasteiger partial charge on any atom is 0.351 e. The molecule has 0 spiro atoms. The van der Waals surface area contributed by atoms with Crippen LogP contribution in [0.25, 0.3) is 0 Å². The van der Waals surface area contributed by atoms with Crippen molar-refractivity contribution in [3.05, 3.63) is 70.2 Å². The molecule has 2 saturated heterocycles. The number of benzene rings is 2. The summed E-state index contributed by atoms with van der Waals surface area (Å²) in [6, 6.07) is 7.85. The Morgan fingerprint density at radius 1 is 0.621 bits per heavy atom. The van der Waals surface area contributed by atoms with E-state index in [1.54, 1.807) is 14.2 Å². The van der Waals surface area contributed by atoms with Crippen LogP contribution in [0, 0.1) is 0 Å². The van der Waals surface area contributed by atoms with Crippen molar-refractivity contribution < 1.29 is 66.5 Å². The minimum absolute atomic E-state index is 0.112. The standard InChI is InChI=1S/C50H60N2O14/c1-5-7-15-51-17-11-29-19-35-37(61-27-59-35)21-31(29)43-33(51)23-39(57-3)45(43)63-47(55)49(25-41(53)65-49)13-9-10-14-50(26-42(54)66-50)48(56)64-46-40(58-4)24-34-44(46)32-22-38-36(60-28-62-38)20-30(32)12-18-52(34)16-8-6-2/h19-24,33-34,43-46H,5-18,25-28H2,1-4H3/t33-,34-,43-,44-,45+,46+,49+,50+/m0/s1. The quantitative estimate of drug-likeness (QED) is 0.104. The Balaban J connectivity index is 0.843. The SMILES string of the molecule is CCCCN1CCc2cc3c(cc2[C@@H]2[C@H](OC(=O)[C@@]4(CCCC[C@]5(C(=O)O[C@@H]6C(OC)=C[C@H]7[C@@H]6c6cc8c(cc6CCN7CCCC)OCO8)CC(=O)O5)CC(=O)O4)C(OC)=C[C@@H]21)OCO3. The minimum atomic E-state index is -1.52. The molecule has 0 unspecified atom stereocenters. The molecule has 10 rings (SSSR count). The predicted octanol–water partition coefficient (Wildman–Crippen LogP) is 5.91. The zero-order chi connectivity index (χ0) is 45.7. The zero-order valence-corrected chi connectivity index (χ0v) is 38.3. The molecule has 0 aromatic heterocycles. The minimum Gasteiger partial charge on any atom is -0.497 e. The summed E-state index contributed by atoms with van der Waals surface area (Å²) in [6.45, 7) is 7.95. The third-order valence-electron chi connectivity index (χ3n) is 15.0. The van der Waals surface area contributed by atoms with Gasteiger partial charge in [0.2, 0.25) is 24.8 Å². The molecule has 6 aliphatic heterocycles. The van der Waals surface area contributed by atoms with Crippen LogP contribution < -0.4 is 18.9 Å². The first-order chi connectivity index (χ1) is 32.1. The van der Waals surface area contributed by atoms with Gasteiger partial charge in [-0.2, -0.15) is 0 Å². The molecular formula is C50H60N2O14. The molecule has 8 aliphatic rings. The van der Waals surface area contributed by atoms with E-state index in [2.05, 4.69) is 35.8 Å². The number of ether oxygens (including phenoxy) is 10. The maximum atomic E-state index is 14.4. The lowest BCUT2D eigenvalue weighted by molar-refractivity contribution is -0.214. The molecule has 0 N–H and O–H groups in total. The molecule has 0 radical (unpaired) electrons. The molecule has 0 bridgehead atoms. The van der Waals surface area contributed by atoms with E-state index in [-0.39, 0.29) is 63.2 Å². The molecule has 2 fully saturated rings. The highest BCUT2D eigenvalue weighted by Gasteiger charge is 2.59. The molecule has 16 nitrogen and oxygen atoms in total. The van der Waals surface area contributed by atoms with Gasteiger partial charge in [0.25, 0.3) is 0 Å². The normalized spacial score (nSPS) is 30.1. The summed E-state index contributed by atoms with van der Waals surface area (Å²) < 4.78 is 59.2. The van der Waals surface area contributed by atoms with E-state index < -0.39 is 47.3 Å². The Kier molecular flexibility index (Phi) is 12.1. The number of esters is 4. The lowest BCUT2D eigenvalue weighted by atomic mass is 9.83. The van der Waals surface area contributed by atoms with Crippen LogP contribution in [0.4, 0.5) is 0 Å². The Hall–Kier alpha value is -5.48. The molecule has 8 atom stereocenters. The summed E-state index contributed by atoms with van der Waals surface area (Å²) in [5.41, 5.74) is 1.15. The van der Waals surface area contributed by atoms with Crippen LogP contribution in [0.2, 0.25) is 0 Å². The summed E-state index contributed by atoms with van der Waals surface area (Å²) in [5, 5.41) is 0. The highest BCUT2D eigenvalue weighted by Crippen LogP contribution is 2.50. The van der Waals surface area contributed by atoms with E-state index in [0.717, 1.165) is 87.0 Å². The molecule has 2 aromatic carbocycles. The predicted molar refractivity (Wildman–Crippen MR) is 234 cm³/mol. The monoisotopic (exact) mass is 912 g/mol. The average molecular weight is 913 g/mol. The van der Waals surface area contributed by atoms with E-state index in [4.69, 9.17) is 47.4 Å². The van der Waals surface area contributed by atoms with Gasteiger partial charge in [-0.1, -0.05) is 26.7 Å². The second-order valence-electron chi connectivity index (χ2n) is 18.8. The van der Waals surface area contributed by atoms with Crippen LogP contribution in [0.5, 0.6) is 23.0 Å². The van der Waals surface area contributed by atoms with Crippen LogP contribution >= 0.6 is 0 Å². The average Bonchev–Trinajstić information content (AvgIpc) is 4.07. The van der Waals surface area contributed by atoms with E-state index in [0.29, 0.717) is 47.4 Å². The number of unbranched alkanes of at least 4 members (excludes halogenated alkanes) is 3. The highest BCUT2D eigenvalue weighted by atomic mass is 16.7. The Morgan fingerprint density at radius 3 is 1.38 bits per heavy atom. The van der Waals surface area contributed by atoms with E-state index in [1.807, 2.05) is 24.3 Å². The van der Waals surface area contributed by atoms with Crippen molar-refractivity contribution in [2.24, 2.45) is 0 Å². The van der Waals surface area contributed by atoms with Gasteiger partial charge in [-0.25, -0.2) is 9.59 Å². The smallest absolute Gasteiger partial charge is 0.351 e. The number of carbonyl (C=O) groups excluding carboxylic acids is 4. The second kappa shape index (κ2) is 18.0. The number of carbonyl (C=O) groups is 4. The fourth-order valence-electron chi connectivity index (χ4n) is 11.4. The molecule has 354 valence electrons. The Bertz CT molecular complexity index is 2150. The number of fused-ring (bicyclic) bond motifs is 8. The molecule has 6 heterocycles. The lowest BCUT2D eigenvalue weighted by Gasteiger charge is -2.41. The second-order valence-corrected chi connectivity index (χ2v) is 18.8. The first-order valence-electron chi connectivity index (χ1n) is 23.8. The fourth-order valence-corrected chi connectivity index (χ4v) is 11.4. The molecule has 16 heteroatoms. The summed E-state index contributed by atoms with van der Waals surface area (Å²) in [4.78, 5) is 58.8. The number of methoxy groups -OCH3 is 2. The van der Waals surface area contributed by atoms with Gasteiger partial charge in [-0.15, -0.1) is 0 Å². The number of hydrogen-bond acceptors (Lipinski definition) is 16. The van der Waals surface area contributed by atoms with E-state index in [9.17, 15) is 19.2 Å². The van der Waals surface area contributed by atoms with E-state index in [1.165, 1.54) is 0 Å². The van der Waals surface area contributed by atoms with Gasteiger partial charge in [0.1, 0.15) is 11.5 Å². The summed E-state index contributed by atoms with van der Waals surface area (Å²) >= 11 is 0. The summed E-state index contributed by atoms with van der Waals surface area (Å²) in [6.07, 6.45) is 8.89. The number of hydrogen-bond donors (Lipinski definition) is 0. The van der Waals surface area contributed by atoms with Crippen molar-refractivity contribution in [2.45, 2.75) is 138 Å². The number of rotatable bonds is 17. The van der Waals surface area contributed by atoms with Crippen molar-refractivity contribution in [1.82, 2.24) is 9.80 Å². The number of nitrogens with zero attached hydrogens (tertiary/aromatic N) is 2. The van der Waals surface area contributed by atoms with Gasteiger partial charge in [-0.05, 0) is 123 Å². The summed E-state index contributed by atoms with van der Waals surface area (Å²) in [7, 11) is 3.15. The molecular weight excluding hydrogens is 853 g/mol. The van der Waals surface area contributed by atoms with Gasteiger partial charge in [0.05, 0.1) is 27.1 Å². The molecule has 66 heavy (non-hydrogen) atoms. The third kappa shape index (κ3) is 7.80. The topological polar surface area (TPSA) is 167 Å². The van der Waals surface area contributed by atoms with Crippen molar-refractivity contribution in [2.75, 3.05) is 54.0 Å². The highest BCUT2D eigenvalue weighted by molar-refractivity contribution is 5.94. The molecule has 0 amide bonds. The summed E-state index contributed by atoms with van der Waals surface area (Å²) in [5.74, 6) is 0.833. The van der Waals surface area contributed by atoms with Crippen LogP contribution in [0.15, 0.2) is 47.9 Å². The van der Waals surface area contributed by atoms with Crippen LogP contribution in [0.1, 0.15) is 112 Å². The van der Waals surface area contributed by atoms with Crippen molar-refractivity contribution in [3.63, 3.8) is 0 Å². The largest absolute Gasteiger partial charge is 0.497 e. The third-order valence-corrected chi connectivity index (χ3v) is 15.0. The molecule has 2 aromatic rings. The van der Waals surface area contributed by atoms with Gasteiger partial charge in [-0.3, -0.25) is 19.4 Å². The first kappa shape index (κ1) is 44.4. The Morgan fingerprint density at radius 2 is 1.02 bits per heavy atom. The Labute approximate surface area is 384 Å². The van der Waals surface area contributed by atoms with Gasteiger partial charge < -0.3 is 47.4 Å². The van der Waals surface area contributed by atoms with Gasteiger partial charge in [0, 0.05) is 37.0 Å². The van der Waals surface area contributed by atoms with Gasteiger partial charge >= 0.3 is 23.9 Å². The lowest BCUT2D eigenvalue weighted by Crippen LogP contribution is -2.56. The van der Waals surface area contributed by atoms with Crippen molar-refractivity contribution in [3.8, 4) is 23.0 Å². The van der Waals surface area contributed by atoms with Crippen LogP contribution in [-0.4, -0.2) is 123 Å². The molecule has 2 aliphatic carbocycles. The van der Waals surface area contributed by atoms with Gasteiger partial charge in [0.15, 0.2) is 35.2 Å².